The van der Waals surface area contributed by atoms with Gasteiger partial charge >= 0.3 is 5.63 Å². The molecule has 0 bridgehead atoms. The van der Waals surface area contributed by atoms with Crippen LogP contribution in [0.5, 0.6) is 5.75 Å². The number of halogens is 1. The van der Waals surface area contributed by atoms with Gasteiger partial charge in [0.25, 0.3) is 6.47 Å². The summed E-state index contributed by atoms with van der Waals surface area (Å²) in [6.07, 6.45) is 4.15. The zero-order chi connectivity index (χ0) is 27.1. The Bertz CT molecular complexity index is 1840. The lowest BCUT2D eigenvalue weighted by Crippen LogP contribution is -2.22. The number of aromatic nitrogens is 4. The van der Waals surface area contributed by atoms with E-state index in [0.717, 1.165) is 35.6 Å². The normalized spacial score (nSPS) is 14.4. The van der Waals surface area contributed by atoms with Crippen molar-refractivity contribution in [2.24, 2.45) is 0 Å². The summed E-state index contributed by atoms with van der Waals surface area (Å²) < 4.78 is 26.9. The summed E-state index contributed by atoms with van der Waals surface area (Å²) in [4.78, 5) is 32.5. The topological polar surface area (TPSA) is 138 Å². The van der Waals surface area contributed by atoms with Crippen LogP contribution in [0.3, 0.4) is 0 Å². The first-order valence-corrected chi connectivity index (χ1v) is 12.3. The van der Waals surface area contributed by atoms with Crippen molar-refractivity contribution in [1.82, 2.24) is 25.1 Å². The number of carbonyl (C=O) groups is 1. The van der Waals surface area contributed by atoms with Gasteiger partial charge in [-0.15, -0.1) is 0 Å². The lowest BCUT2D eigenvalue weighted by molar-refractivity contribution is -0.120. The Kier molecular flexibility index (Phi) is 6.12. The van der Waals surface area contributed by atoms with Gasteiger partial charge in [0.2, 0.25) is 0 Å². The molecular weight excluding hydrogens is 503 g/mol. The van der Waals surface area contributed by atoms with E-state index in [1.807, 2.05) is 19.1 Å². The lowest BCUT2D eigenvalue weighted by Gasteiger charge is -2.21. The summed E-state index contributed by atoms with van der Waals surface area (Å²) in [7, 11) is 0. The number of hydrogen-bond acceptors (Lipinski definition) is 9. The first-order chi connectivity index (χ1) is 19.0. The van der Waals surface area contributed by atoms with E-state index in [2.05, 4.69) is 21.4 Å². The highest BCUT2D eigenvalue weighted by atomic mass is 19.1. The third kappa shape index (κ3) is 4.22. The zero-order valence-corrected chi connectivity index (χ0v) is 20.8. The van der Waals surface area contributed by atoms with Gasteiger partial charge in [-0.2, -0.15) is 5.10 Å². The zero-order valence-electron chi connectivity index (χ0n) is 20.8. The average Bonchev–Trinajstić information content (AvgIpc) is 3.34. The summed E-state index contributed by atoms with van der Waals surface area (Å²) in [5, 5.41) is 9.74. The van der Waals surface area contributed by atoms with Crippen molar-refractivity contribution in [3.63, 3.8) is 0 Å². The lowest BCUT2D eigenvalue weighted by atomic mass is 9.92. The number of ether oxygens (including phenoxy) is 1. The van der Waals surface area contributed by atoms with Crippen LogP contribution in [0.25, 0.3) is 38.6 Å². The second-order valence-electron chi connectivity index (χ2n) is 9.17. The number of nitrogen functional groups attached to an aromatic ring is 1. The molecule has 0 saturated carbocycles. The first-order valence-electron chi connectivity index (χ1n) is 12.3. The SMILES string of the molecule is CC(c1oc(=O)c2ccccc2c1C1=CCNCC1)n1nc(-c2cc(F)cc(OC=O)c2)c2c(N)ncnc21. The average molecular weight is 527 g/mol. The number of benzene rings is 2. The Morgan fingerprint density at radius 1 is 1.21 bits per heavy atom. The summed E-state index contributed by atoms with van der Waals surface area (Å²) in [6.45, 7) is 3.54. The van der Waals surface area contributed by atoms with Crippen LogP contribution in [-0.4, -0.2) is 39.3 Å². The van der Waals surface area contributed by atoms with Crippen LogP contribution in [0.4, 0.5) is 10.2 Å². The van der Waals surface area contributed by atoms with E-state index in [9.17, 15) is 14.0 Å². The van der Waals surface area contributed by atoms with Crippen molar-refractivity contribution >= 4 is 39.7 Å². The Hall–Kier alpha value is -4.90. The fourth-order valence-electron chi connectivity index (χ4n) is 5.09. The van der Waals surface area contributed by atoms with Crippen LogP contribution in [-0.2, 0) is 4.79 Å². The molecule has 0 amide bonds. The Morgan fingerprint density at radius 3 is 2.79 bits per heavy atom. The third-order valence-electron chi connectivity index (χ3n) is 6.84. The van der Waals surface area contributed by atoms with Crippen LogP contribution in [0.2, 0.25) is 0 Å². The number of nitrogens with two attached hydrogens (primary N) is 1. The van der Waals surface area contributed by atoms with Gasteiger partial charge in [-0.25, -0.2) is 23.8 Å². The minimum absolute atomic E-state index is 0.00632. The largest absolute Gasteiger partial charge is 0.429 e. The smallest absolute Gasteiger partial charge is 0.343 e. The Balaban J connectivity index is 1.61. The number of hydrogen-bond donors (Lipinski definition) is 2. The van der Waals surface area contributed by atoms with Crippen LogP contribution < -0.4 is 21.4 Å². The summed E-state index contributed by atoms with van der Waals surface area (Å²) in [5.41, 5.74) is 8.65. The summed E-state index contributed by atoms with van der Waals surface area (Å²) in [5.74, 6) is -0.0657. The molecule has 4 heterocycles. The standard InChI is InChI=1S/C28H23FN6O4/c1-15(25-22(16-6-8-31-9-7-16)20-4-2-3-5-21(20)28(37)39-25)35-27-23(26(30)32-13-33-27)24(34-35)17-10-18(29)12-19(11-17)38-14-36/h2-6,10-15,31H,7-9H2,1H3,(H2,30,32,33). The van der Waals surface area contributed by atoms with Gasteiger partial charge < -0.3 is 20.2 Å². The van der Waals surface area contributed by atoms with Gasteiger partial charge in [0.05, 0.1) is 10.8 Å². The second kappa shape index (κ2) is 9.76. The monoisotopic (exact) mass is 526 g/mol. The van der Waals surface area contributed by atoms with Gasteiger partial charge in [0.15, 0.2) is 5.65 Å². The number of nitrogens with zero attached hydrogens (tertiary/aromatic N) is 4. The highest BCUT2D eigenvalue weighted by molar-refractivity contribution is 5.99. The van der Waals surface area contributed by atoms with E-state index < -0.39 is 17.5 Å². The number of fused-ring (bicyclic) bond motifs is 2. The van der Waals surface area contributed by atoms with Crippen LogP contribution >= 0.6 is 0 Å². The van der Waals surface area contributed by atoms with E-state index in [1.165, 1.54) is 18.5 Å². The predicted molar refractivity (Wildman–Crippen MR) is 144 cm³/mol. The Labute approximate surface area is 220 Å². The molecule has 1 aliphatic heterocycles. The quantitative estimate of drug-likeness (QED) is 0.316. The molecule has 6 rings (SSSR count). The van der Waals surface area contributed by atoms with Crippen LogP contribution in [0, 0.1) is 5.82 Å². The molecule has 0 aliphatic carbocycles. The maximum Gasteiger partial charge on any atom is 0.343 e. The molecule has 0 spiro atoms. The van der Waals surface area contributed by atoms with Gasteiger partial charge in [0.1, 0.15) is 41.2 Å². The van der Waals surface area contributed by atoms with Crippen LogP contribution in [0.15, 0.2) is 64.1 Å². The molecule has 39 heavy (non-hydrogen) atoms. The van der Waals surface area contributed by atoms with E-state index in [1.54, 1.807) is 16.8 Å². The molecule has 1 atom stereocenters. The molecule has 5 aromatic rings. The van der Waals surface area contributed by atoms with E-state index in [0.29, 0.717) is 34.3 Å². The molecule has 0 radical (unpaired) electrons. The minimum Gasteiger partial charge on any atom is -0.429 e. The van der Waals surface area contributed by atoms with Crippen molar-refractivity contribution in [1.29, 1.82) is 0 Å². The number of anilines is 1. The first kappa shape index (κ1) is 24.4. The molecule has 196 valence electrons. The van der Waals surface area contributed by atoms with E-state index in [4.69, 9.17) is 20.0 Å². The van der Waals surface area contributed by atoms with Crippen molar-refractivity contribution in [3.05, 3.63) is 82.4 Å². The van der Waals surface area contributed by atoms with Crippen LogP contribution in [0.1, 0.15) is 30.7 Å². The number of nitrogens with one attached hydrogen (secondary N) is 1. The highest BCUT2D eigenvalue weighted by Gasteiger charge is 2.27. The van der Waals surface area contributed by atoms with Gasteiger partial charge in [0, 0.05) is 23.7 Å². The van der Waals surface area contributed by atoms with Crippen molar-refractivity contribution in [3.8, 4) is 17.0 Å². The van der Waals surface area contributed by atoms with Crippen molar-refractivity contribution in [2.75, 3.05) is 18.8 Å². The van der Waals surface area contributed by atoms with Gasteiger partial charge in [-0.05, 0) is 49.0 Å². The second-order valence-corrected chi connectivity index (χ2v) is 9.17. The highest BCUT2D eigenvalue weighted by Crippen LogP contribution is 2.38. The molecular formula is C28H23FN6O4. The fraction of sp³-hybridized carbons (Fsp3) is 0.179. The van der Waals surface area contributed by atoms with Gasteiger partial charge in [-0.3, -0.25) is 4.79 Å². The molecule has 2 aromatic carbocycles. The molecule has 3 aromatic heterocycles. The van der Waals surface area contributed by atoms with E-state index in [-0.39, 0.29) is 23.7 Å². The minimum atomic E-state index is -0.629. The molecule has 0 saturated heterocycles. The molecule has 1 aliphatic rings. The third-order valence-corrected chi connectivity index (χ3v) is 6.84. The molecule has 0 fully saturated rings. The van der Waals surface area contributed by atoms with E-state index >= 15 is 0 Å². The maximum atomic E-state index is 14.5. The fourth-order valence-corrected chi connectivity index (χ4v) is 5.09. The summed E-state index contributed by atoms with van der Waals surface area (Å²) in [6, 6.07) is 10.6. The maximum absolute atomic E-state index is 14.5. The summed E-state index contributed by atoms with van der Waals surface area (Å²) >= 11 is 0. The predicted octanol–water partition coefficient (Wildman–Crippen LogP) is 3.84. The number of carbonyl (C=O) groups excluding carboxylic acids is 1. The Morgan fingerprint density at radius 2 is 2.03 bits per heavy atom. The molecule has 10 nitrogen and oxygen atoms in total. The van der Waals surface area contributed by atoms with Crippen molar-refractivity contribution < 1.29 is 18.3 Å². The molecule has 1 unspecified atom stereocenters. The van der Waals surface area contributed by atoms with Crippen molar-refractivity contribution in [2.45, 2.75) is 19.4 Å². The molecule has 11 heteroatoms. The number of rotatable bonds is 6. The molecule has 3 N–H and O–H groups in total. The van der Waals surface area contributed by atoms with Gasteiger partial charge in [-0.1, -0.05) is 24.3 Å².